The first-order valence-electron chi connectivity index (χ1n) is 12.9. The number of thiazole rings is 1. The molecule has 0 radical (unpaired) electrons. The Morgan fingerprint density at radius 3 is 2.52 bits per heavy atom. The SMILES string of the molecule is CCCOc1ccc([C@@H]2C(=C(O)c3ccc4c(c3)OCCO4)C(=O)C(=O)N2c2nc3ccc(OC)cc3s2)cc1. The van der Waals surface area contributed by atoms with Gasteiger partial charge in [-0.1, -0.05) is 30.4 Å². The number of Topliss-reactive ketones (excluding diaryl/α,β-unsaturated/α-hetero) is 1. The number of aliphatic hydroxyl groups is 1. The molecule has 9 nitrogen and oxygen atoms in total. The van der Waals surface area contributed by atoms with Gasteiger partial charge in [0, 0.05) is 5.56 Å². The number of rotatable bonds is 7. The van der Waals surface area contributed by atoms with Crippen molar-refractivity contribution >= 4 is 44.1 Å². The van der Waals surface area contributed by atoms with Crippen LogP contribution in [0, 0.1) is 0 Å². The largest absolute Gasteiger partial charge is 0.507 e. The topological polar surface area (TPSA) is 107 Å². The van der Waals surface area contributed by atoms with E-state index in [-0.39, 0.29) is 11.3 Å². The van der Waals surface area contributed by atoms with Gasteiger partial charge in [0.2, 0.25) is 0 Å². The Morgan fingerprint density at radius 2 is 1.77 bits per heavy atom. The number of carbonyl (C=O) groups is 2. The number of amides is 1. The van der Waals surface area contributed by atoms with Crippen molar-refractivity contribution in [2.24, 2.45) is 0 Å². The number of benzene rings is 3. The second-order valence-electron chi connectivity index (χ2n) is 9.28. The van der Waals surface area contributed by atoms with Crippen molar-refractivity contribution in [3.63, 3.8) is 0 Å². The highest BCUT2D eigenvalue weighted by atomic mass is 32.1. The third-order valence-electron chi connectivity index (χ3n) is 6.72. The molecule has 1 aromatic heterocycles. The van der Waals surface area contributed by atoms with E-state index in [1.165, 1.54) is 16.2 Å². The van der Waals surface area contributed by atoms with Crippen molar-refractivity contribution in [3.05, 3.63) is 77.4 Å². The molecule has 0 aliphatic carbocycles. The van der Waals surface area contributed by atoms with Crippen molar-refractivity contribution in [3.8, 4) is 23.0 Å². The third-order valence-corrected chi connectivity index (χ3v) is 7.74. The summed E-state index contributed by atoms with van der Waals surface area (Å²) in [6.07, 6.45) is 0.861. The monoisotopic (exact) mass is 558 g/mol. The lowest BCUT2D eigenvalue weighted by molar-refractivity contribution is -0.132. The summed E-state index contributed by atoms with van der Waals surface area (Å²) in [5.74, 6) is 0.439. The fourth-order valence-corrected chi connectivity index (χ4v) is 5.80. The van der Waals surface area contributed by atoms with Crippen molar-refractivity contribution in [1.82, 2.24) is 4.98 Å². The molecule has 0 unspecified atom stereocenters. The van der Waals surface area contributed by atoms with Crippen LogP contribution in [0.2, 0.25) is 0 Å². The molecule has 204 valence electrons. The molecule has 3 heterocycles. The Kier molecular flexibility index (Phi) is 6.77. The van der Waals surface area contributed by atoms with Gasteiger partial charge in [0.05, 0.1) is 35.5 Å². The Hall–Kier alpha value is -4.57. The zero-order valence-corrected chi connectivity index (χ0v) is 22.7. The van der Waals surface area contributed by atoms with Gasteiger partial charge >= 0.3 is 5.91 Å². The summed E-state index contributed by atoms with van der Waals surface area (Å²) >= 11 is 1.27. The summed E-state index contributed by atoms with van der Waals surface area (Å²) in [6.45, 7) is 3.39. The van der Waals surface area contributed by atoms with Gasteiger partial charge in [-0.3, -0.25) is 14.5 Å². The Bertz CT molecular complexity index is 1640. The van der Waals surface area contributed by atoms with E-state index in [0.29, 0.717) is 64.6 Å². The van der Waals surface area contributed by atoms with Crippen molar-refractivity contribution < 1.29 is 33.6 Å². The first kappa shape index (κ1) is 25.7. The normalized spacial score (nSPS) is 17.9. The molecule has 1 amide bonds. The van der Waals surface area contributed by atoms with Crippen LogP contribution in [0.25, 0.3) is 16.0 Å². The minimum absolute atomic E-state index is 0.0410. The number of fused-ring (bicyclic) bond motifs is 2. The molecule has 10 heteroatoms. The summed E-state index contributed by atoms with van der Waals surface area (Å²) in [7, 11) is 1.58. The Balaban J connectivity index is 1.49. The highest BCUT2D eigenvalue weighted by molar-refractivity contribution is 7.22. The maximum Gasteiger partial charge on any atom is 0.301 e. The highest BCUT2D eigenvalue weighted by Crippen LogP contribution is 2.45. The minimum Gasteiger partial charge on any atom is -0.507 e. The summed E-state index contributed by atoms with van der Waals surface area (Å²) in [4.78, 5) is 33.2. The quantitative estimate of drug-likeness (QED) is 0.180. The first-order chi connectivity index (χ1) is 19.5. The maximum absolute atomic E-state index is 13.6. The molecular weight excluding hydrogens is 532 g/mol. The summed E-state index contributed by atoms with van der Waals surface area (Å²) < 4.78 is 23.1. The van der Waals surface area contributed by atoms with Crippen LogP contribution in [0.3, 0.4) is 0 Å². The van der Waals surface area contributed by atoms with Crippen LogP contribution in [-0.2, 0) is 9.59 Å². The number of aromatic nitrogens is 1. The van der Waals surface area contributed by atoms with Crippen LogP contribution in [0.15, 0.2) is 66.2 Å². The van der Waals surface area contributed by atoms with E-state index >= 15 is 0 Å². The number of ether oxygens (including phenoxy) is 4. The number of anilines is 1. The van der Waals surface area contributed by atoms with E-state index in [1.807, 2.05) is 13.0 Å². The van der Waals surface area contributed by atoms with Gasteiger partial charge < -0.3 is 24.1 Å². The number of methoxy groups -OCH3 is 1. The summed E-state index contributed by atoms with van der Waals surface area (Å²) in [5, 5.41) is 11.8. The van der Waals surface area contributed by atoms with Gasteiger partial charge in [-0.25, -0.2) is 4.98 Å². The maximum atomic E-state index is 13.6. The molecular formula is C30H26N2O7S. The number of nitrogens with zero attached hydrogens (tertiary/aromatic N) is 2. The number of hydrogen-bond donors (Lipinski definition) is 1. The molecule has 1 atom stereocenters. The van der Waals surface area contributed by atoms with Gasteiger partial charge in [-0.05, 0) is 60.5 Å². The predicted octanol–water partition coefficient (Wildman–Crippen LogP) is 5.49. The van der Waals surface area contributed by atoms with E-state index in [0.717, 1.165) is 11.1 Å². The second-order valence-corrected chi connectivity index (χ2v) is 10.3. The van der Waals surface area contributed by atoms with Crippen LogP contribution in [0.5, 0.6) is 23.0 Å². The van der Waals surface area contributed by atoms with Gasteiger partial charge in [0.15, 0.2) is 16.6 Å². The zero-order valence-electron chi connectivity index (χ0n) is 21.9. The number of carbonyl (C=O) groups excluding carboxylic acids is 2. The molecule has 0 saturated carbocycles. The molecule has 2 aliphatic rings. The number of ketones is 1. The van der Waals surface area contributed by atoms with Crippen LogP contribution in [0.1, 0.15) is 30.5 Å². The average molecular weight is 559 g/mol. The lowest BCUT2D eigenvalue weighted by Gasteiger charge is -2.23. The fourth-order valence-electron chi connectivity index (χ4n) is 4.78. The van der Waals surface area contributed by atoms with Crippen LogP contribution >= 0.6 is 11.3 Å². The van der Waals surface area contributed by atoms with Gasteiger partial charge in [0.1, 0.15) is 30.5 Å². The number of aliphatic hydroxyl groups excluding tert-OH is 1. The van der Waals surface area contributed by atoms with Crippen molar-refractivity contribution in [1.29, 1.82) is 0 Å². The molecule has 1 N–H and O–H groups in total. The first-order valence-corrected chi connectivity index (χ1v) is 13.7. The average Bonchev–Trinajstić information content (AvgIpc) is 3.53. The summed E-state index contributed by atoms with van der Waals surface area (Å²) in [5.41, 5.74) is 1.58. The number of hydrogen-bond acceptors (Lipinski definition) is 9. The molecule has 1 fully saturated rings. The molecule has 0 bridgehead atoms. The lowest BCUT2D eigenvalue weighted by atomic mass is 9.95. The lowest BCUT2D eigenvalue weighted by Crippen LogP contribution is -2.29. The molecule has 6 rings (SSSR count). The van der Waals surface area contributed by atoms with Gasteiger partial charge in [-0.2, -0.15) is 0 Å². The van der Waals surface area contributed by atoms with Gasteiger partial charge in [-0.15, -0.1) is 0 Å². The van der Waals surface area contributed by atoms with Gasteiger partial charge in [0.25, 0.3) is 5.78 Å². The fraction of sp³-hybridized carbons (Fsp3) is 0.233. The van der Waals surface area contributed by atoms with E-state index in [1.54, 1.807) is 61.7 Å². The zero-order chi connectivity index (χ0) is 27.8. The Morgan fingerprint density at radius 1 is 1.02 bits per heavy atom. The Labute approximate surface area is 234 Å². The van der Waals surface area contributed by atoms with E-state index < -0.39 is 17.7 Å². The third kappa shape index (κ3) is 4.50. The van der Waals surface area contributed by atoms with Crippen molar-refractivity contribution in [2.45, 2.75) is 19.4 Å². The standard InChI is InChI=1S/C30H26N2O7S/c1-3-12-37-19-7-4-17(5-8-19)26-25(27(33)18-6-11-22-23(15-18)39-14-13-38-22)28(34)29(35)32(26)30-31-21-10-9-20(36-2)16-24(21)40-30/h4-11,15-16,26,33H,3,12-14H2,1-2H3/t26-/m1/s1. The summed E-state index contributed by atoms with van der Waals surface area (Å²) in [6, 6.07) is 16.6. The van der Waals surface area contributed by atoms with E-state index in [4.69, 9.17) is 18.9 Å². The second kappa shape index (κ2) is 10.5. The van der Waals surface area contributed by atoms with Crippen LogP contribution < -0.4 is 23.8 Å². The molecule has 2 aliphatic heterocycles. The highest BCUT2D eigenvalue weighted by Gasteiger charge is 2.48. The molecule has 1 saturated heterocycles. The molecule has 40 heavy (non-hydrogen) atoms. The molecule has 4 aromatic rings. The predicted molar refractivity (Wildman–Crippen MR) is 151 cm³/mol. The molecule has 3 aromatic carbocycles. The van der Waals surface area contributed by atoms with E-state index in [9.17, 15) is 14.7 Å². The smallest absolute Gasteiger partial charge is 0.301 e. The van der Waals surface area contributed by atoms with Crippen LogP contribution in [0.4, 0.5) is 5.13 Å². The van der Waals surface area contributed by atoms with E-state index in [2.05, 4.69) is 4.98 Å². The minimum atomic E-state index is -0.920. The molecule has 0 spiro atoms. The van der Waals surface area contributed by atoms with Crippen molar-refractivity contribution in [2.75, 3.05) is 31.8 Å². The van der Waals surface area contributed by atoms with Crippen LogP contribution in [-0.4, -0.2) is 48.7 Å².